The molecule has 0 unspecified atom stereocenters. The second kappa shape index (κ2) is 6.97. The average Bonchev–Trinajstić information content (AvgIpc) is 2.68. The first-order valence-electron chi connectivity index (χ1n) is 8.92. The molecule has 0 fully saturated rings. The van der Waals surface area contributed by atoms with E-state index in [2.05, 4.69) is 15.5 Å². The van der Waals surface area contributed by atoms with Crippen LogP contribution in [0.25, 0.3) is 0 Å². The highest BCUT2D eigenvalue weighted by molar-refractivity contribution is 6.08. The molecule has 0 saturated heterocycles. The normalized spacial score (nSPS) is 15.7. The number of aliphatic hydroxyl groups excluding tert-OH is 1. The van der Waals surface area contributed by atoms with E-state index in [1.807, 2.05) is 31.3 Å². The number of nitrogens with one attached hydrogen (secondary N) is 2. The van der Waals surface area contributed by atoms with Gasteiger partial charge in [-0.2, -0.15) is 0 Å². The van der Waals surface area contributed by atoms with E-state index in [1.54, 1.807) is 6.07 Å². The Morgan fingerprint density at radius 3 is 3.04 bits per heavy atom. The third-order valence-electron chi connectivity index (χ3n) is 5.12. The number of para-hydroxylation sites is 1. The molecule has 0 radical (unpaired) electrons. The average molecular weight is 353 g/mol. The molecule has 0 atom stereocenters. The minimum atomic E-state index is -0.172. The highest BCUT2D eigenvalue weighted by Gasteiger charge is 2.23. The standard InChI is InChI=1S/C20H23N3O3/c1-23-9-10-26-19-15(3-2-4-18(19)23)20(25)22-17-6-5-13(12-24)16-11-21-8-7-14(16)17/h2-6,21,24H,7-12H2,1H3,(H,22,25). The summed E-state index contributed by atoms with van der Waals surface area (Å²) >= 11 is 0. The monoisotopic (exact) mass is 353 g/mol. The molecule has 2 aliphatic rings. The molecule has 2 aliphatic heterocycles. The van der Waals surface area contributed by atoms with E-state index in [1.165, 1.54) is 0 Å². The van der Waals surface area contributed by atoms with Gasteiger partial charge >= 0.3 is 0 Å². The fourth-order valence-corrected chi connectivity index (χ4v) is 3.69. The molecule has 0 aliphatic carbocycles. The molecule has 2 heterocycles. The Morgan fingerprint density at radius 1 is 1.31 bits per heavy atom. The Hall–Kier alpha value is -2.57. The van der Waals surface area contributed by atoms with Crippen LogP contribution in [0, 0.1) is 0 Å². The number of rotatable bonds is 3. The number of hydrogen-bond donors (Lipinski definition) is 3. The van der Waals surface area contributed by atoms with Gasteiger partial charge in [-0.25, -0.2) is 0 Å². The molecule has 2 aromatic rings. The molecule has 0 saturated carbocycles. The Kier molecular flexibility index (Phi) is 4.53. The number of carbonyl (C=O) groups excluding carboxylic acids is 1. The zero-order chi connectivity index (χ0) is 18.1. The minimum Gasteiger partial charge on any atom is -0.489 e. The van der Waals surface area contributed by atoms with Crippen molar-refractivity contribution in [3.63, 3.8) is 0 Å². The van der Waals surface area contributed by atoms with Crippen LogP contribution in [0.2, 0.25) is 0 Å². The van der Waals surface area contributed by atoms with Crippen LogP contribution in [0.4, 0.5) is 11.4 Å². The van der Waals surface area contributed by atoms with Crippen LogP contribution in [0.15, 0.2) is 30.3 Å². The second-order valence-corrected chi connectivity index (χ2v) is 6.69. The van der Waals surface area contributed by atoms with Crippen molar-refractivity contribution >= 4 is 17.3 Å². The van der Waals surface area contributed by atoms with Gasteiger partial charge in [0.25, 0.3) is 5.91 Å². The van der Waals surface area contributed by atoms with E-state index in [9.17, 15) is 9.90 Å². The first kappa shape index (κ1) is 16.9. The van der Waals surface area contributed by atoms with Gasteiger partial charge in [-0.3, -0.25) is 4.79 Å². The maximum Gasteiger partial charge on any atom is 0.259 e. The SMILES string of the molecule is CN1CCOc2c(C(=O)Nc3ccc(CO)c4c3CCNC4)cccc21. The van der Waals surface area contributed by atoms with E-state index in [-0.39, 0.29) is 12.5 Å². The summed E-state index contributed by atoms with van der Waals surface area (Å²) < 4.78 is 5.79. The Bertz CT molecular complexity index is 850. The van der Waals surface area contributed by atoms with Gasteiger partial charge in [0.15, 0.2) is 5.75 Å². The Balaban J connectivity index is 1.67. The lowest BCUT2D eigenvalue weighted by Crippen LogP contribution is -2.30. The molecule has 4 rings (SSSR count). The molecule has 0 aromatic heterocycles. The van der Waals surface area contributed by atoms with Crippen molar-refractivity contribution < 1.29 is 14.6 Å². The van der Waals surface area contributed by atoms with Crippen LogP contribution >= 0.6 is 0 Å². The largest absolute Gasteiger partial charge is 0.489 e. The molecule has 6 heteroatoms. The van der Waals surface area contributed by atoms with Gasteiger partial charge in [-0.15, -0.1) is 0 Å². The molecule has 2 aromatic carbocycles. The fourth-order valence-electron chi connectivity index (χ4n) is 3.69. The number of amides is 1. The zero-order valence-corrected chi connectivity index (χ0v) is 14.8. The van der Waals surface area contributed by atoms with Gasteiger partial charge in [-0.1, -0.05) is 12.1 Å². The minimum absolute atomic E-state index is 0.00457. The van der Waals surface area contributed by atoms with Gasteiger partial charge in [0.2, 0.25) is 0 Å². The highest BCUT2D eigenvalue weighted by atomic mass is 16.5. The van der Waals surface area contributed by atoms with Gasteiger partial charge in [-0.05, 0) is 47.9 Å². The third kappa shape index (κ3) is 2.91. The molecule has 1 amide bonds. The first-order chi connectivity index (χ1) is 12.7. The molecule has 0 spiro atoms. The summed E-state index contributed by atoms with van der Waals surface area (Å²) in [6.07, 6.45) is 0.824. The summed E-state index contributed by atoms with van der Waals surface area (Å²) in [7, 11) is 2.00. The number of likely N-dealkylation sites (N-methyl/N-ethyl adjacent to an activating group) is 1. The van der Waals surface area contributed by atoms with Crippen molar-refractivity contribution in [3.8, 4) is 5.75 Å². The maximum absolute atomic E-state index is 13.0. The predicted molar refractivity (Wildman–Crippen MR) is 101 cm³/mol. The third-order valence-corrected chi connectivity index (χ3v) is 5.12. The van der Waals surface area contributed by atoms with Crippen molar-refractivity contribution in [2.75, 3.05) is 37.0 Å². The Labute approximate surface area is 152 Å². The lowest BCUT2D eigenvalue weighted by atomic mass is 9.94. The summed E-state index contributed by atoms with van der Waals surface area (Å²) in [6.45, 7) is 2.95. The van der Waals surface area contributed by atoms with Crippen molar-refractivity contribution in [2.45, 2.75) is 19.6 Å². The smallest absolute Gasteiger partial charge is 0.259 e. The van der Waals surface area contributed by atoms with Crippen LogP contribution in [0.5, 0.6) is 5.75 Å². The van der Waals surface area contributed by atoms with E-state index < -0.39 is 0 Å². The molecular formula is C20H23N3O3. The molecular weight excluding hydrogens is 330 g/mol. The van der Waals surface area contributed by atoms with E-state index in [4.69, 9.17) is 4.74 Å². The van der Waals surface area contributed by atoms with Crippen molar-refractivity contribution in [2.24, 2.45) is 0 Å². The van der Waals surface area contributed by atoms with Crippen LogP contribution in [-0.2, 0) is 19.6 Å². The van der Waals surface area contributed by atoms with Crippen LogP contribution in [-0.4, -0.2) is 37.8 Å². The maximum atomic E-state index is 13.0. The van der Waals surface area contributed by atoms with Gasteiger partial charge in [0.05, 0.1) is 24.4 Å². The predicted octanol–water partition coefficient (Wildman–Crippen LogP) is 1.91. The summed E-state index contributed by atoms with van der Waals surface area (Å²) in [4.78, 5) is 15.1. The number of benzene rings is 2. The summed E-state index contributed by atoms with van der Waals surface area (Å²) in [5.74, 6) is 0.468. The zero-order valence-electron chi connectivity index (χ0n) is 14.8. The second-order valence-electron chi connectivity index (χ2n) is 6.69. The van der Waals surface area contributed by atoms with Crippen LogP contribution in [0.1, 0.15) is 27.0 Å². The lowest BCUT2D eigenvalue weighted by Gasteiger charge is -2.29. The number of anilines is 2. The molecule has 0 bridgehead atoms. The first-order valence-corrected chi connectivity index (χ1v) is 8.92. The highest BCUT2D eigenvalue weighted by Crippen LogP contribution is 2.35. The number of aliphatic hydroxyl groups is 1. The van der Waals surface area contributed by atoms with Crippen LogP contribution < -0.4 is 20.3 Å². The van der Waals surface area contributed by atoms with E-state index >= 15 is 0 Å². The number of fused-ring (bicyclic) bond motifs is 2. The van der Waals surface area contributed by atoms with Gasteiger partial charge in [0, 0.05) is 19.3 Å². The quantitative estimate of drug-likeness (QED) is 0.786. The van der Waals surface area contributed by atoms with Gasteiger partial charge in [0.1, 0.15) is 6.61 Å². The number of hydrogen-bond acceptors (Lipinski definition) is 5. The molecule has 26 heavy (non-hydrogen) atoms. The van der Waals surface area contributed by atoms with Crippen molar-refractivity contribution in [1.29, 1.82) is 0 Å². The number of ether oxygens (including phenoxy) is 1. The Morgan fingerprint density at radius 2 is 2.19 bits per heavy atom. The van der Waals surface area contributed by atoms with E-state index in [0.717, 1.165) is 47.6 Å². The molecule has 3 N–H and O–H groups in total. The van der Waals surface area contributed by atoms with Crippen molar-refractivity contribution in [1.82, 2.24) is 5.32 Å². The summed E-state index contributed by atoms with van der Waals surface area (Å²) in [5.41, 5.74) is 5.39. The number of carbonyl (C=O) groups is 1. The summed E-state index contributed by atoms with van der Waals surface area (Å²) in [5, 5.41) is 15.9. The van der Waals surface area contributed by atoms with Gasteiger partial charge < -0.3 is 25.4 Å². The van der Waals surface area contributed by atoms with E-state index in [0.29, 0.717) is 24.5 Å². The molecule has 6 nitrogen and oxygen atoms in total. The lowest BCUT2D eigenvalue weighted by molar-refractivity contribution is 0.102. The fraction of sp³-hybridized carbons (Fsp3) is 0.350. The summed E-state index contributed by atoms with van der Waals surface area (Å²) in [6, 6.07) is 9.41. The van der Waals surface area contributed by atoms with Crippen molar-refractivity contribution in [3.05, 3.63) is 52.6 Å². The molecule has 136 valence electrons. The number of nitrogens with zero attached hydrogens (tertiary/aromatic N) is 1. The topological polar surface area (TPSA) is 73.8 Å². The van der Waals surface area contributed by atoms with Crippen LogP contribution in [0.3, 0.4) is 0 Å².